The second-order valence-corrected chi connectivity index (χ2v) is 6.52. The van der Waals surface area contributed by atoms with Crippen LogP contribution in [0.4, 0.5) is 0 Å². The van der Waals surface area contributed by atoms with E-state index in [1.54, 1.807) is 23.5 Å². The average Bonchev–Trinajstić information content (AvgIpc) is 2.51. The van der Waals surface area contributed by atoms with Crippen molar-refractivity contribution in [2.45, 2.75) is 19.6 Å². The van der Waals surface area contributed by atoms with E-state index in [0.29, 0.717) is 0 Å². The van der Waals surface area contributed by atoms with Crippen LogP contribution in [0.15, 0.2) is 98.4 Å². The lowest BCUT2D eigenvalue weighted by atomic mass is 10.4. The second-order valence-electron chi connectivity index (χ2n) is 4.22. The summed E-state index contributed by atoms with van der Waals surface area (Å²) < 4.78 is 0. The molecular formula is C18H13S2. The van der Waals surface area contributed by atoms with Crippen molar-refractivity contribution < 1.29 is 0 Å². The van der Waals surface area contributed by atoms with Crippen molar-refractivity contribution >= 4 is 23.5 Å². The van der Waals surface area contributed by atoms with Crippen molar-refractivity contribution in [2.75, 3.05) is 0 Å². The first-order valence-corrected chi connectivity index (χ1v) is 8.00. The predicted octanol–water partition coefficient (Wildman–Crippen LogP) is 5.79. The van der Waals surface area contributed by atoms with Crippen LogP contribution < -0.4 is 0 Å². The molecule has 3 aromatic rings. The number of hydrogen-bond acceptors (Lipinski definition) is 2. The minimum absolute atomic E-state index is 1.24. The van der Waals surface area contributed by atoms with Crippen LogP contribution in [0, 0.1) is 6.07 Å². The van der Waals surface area contributed by atoms with Gasteiger partial charge in [-0.3, -0.25) is 0 Å². The van der Waals surface area contributed by atoms with Gasteiger partial charge in [0.2, 0.25) is 0 Å². The zero-order valence-electron chi connectivity index (χ0n) is 10.8. The maximum atomic E-state index is 3.04. The Morgan fingerprint density at radius 1 is 0.500 bits per heavy atom. The highest BCUT2D eigenvalue weighted by molar-refractivity contribution is 7.99. The average molecular weight is 293 g/mol. The van der Waals surface area contributed by atoms with Gasteiger partial charge in [0.1, 0.15) is 0 Å². The molecule has 20 heavy (non-hydrogen) atoms. The molecular weight excluding hydrogens is 280 g/mol. The van der Waals surface area contributed by atoms with Crippen molar-refractivity contribution in [1.82, 2.24) is 0 Å². The quantitative estimate of drug-likeness (QED) is 0.597. The SMILES string of the molecule is [c]1ccc(Sc2ccc(Sc3ccccc3)cc2)cc1. The summed E-state index contributed by atoms with van der Waals surface area (Å²) >= 11 is 3.56. The number of rotatable bonds is 4. The van der Waals surface area contributed by atoms with Crippen molar-refractivity contribution in [3.8, 4) is 0 Å². The molecule has 1 radical (unpaired) electrons. The summed E-state index contributed by atoms with van der Waals surface area (Å²) in [7, 11) is 0. The fourth-order valence-corrected chi connectivity index (χ4v) is 3.43. The maximum absolute atomic E-state index is 3.04. The fourth-order valence-electron chi connectivity index (χ4n) is 1.78. The molecule has 0 aliphatic rings. The van der Waals surface area contributed by atoms with Gasteiger partial charge in [0.25, 0.3) is 0 Å². The van der Waals surface area contributed by atoms with E-state index in [2.05, 4.69) is 66.7 Å². The van der Waals surface area contributed by atoms with Crippen LogP contribution in [0.3, 0.4) is 0 Å². The van der Waals surface area contributed by atoms with Crippen LogP contribution in [-0.2, 0) is 0 Å². The molecule has 0 saturated heterocycles. The standard InChI is InChI=1S/C18H13S2/c1-3-7-15(8-4-1)19-17-11-13-18(14-12-17)20-16-9-5-2-6-10-16/h1,3-14H. The maximum Gasteiger partial charge on any atom is 0.0123 e. The van der Waals surface area contributed by atoms with E-state index in [9.17, 15) is 0 Å². The largest absolute Gasteiger partial charge is 0.0901 e. The van der Waals surface area contributed by atoms with E-state index in [1.807, 2.05) is 18.2 Å². The van der Waals surface area contributed by atoms with E-state index in [1.165, 1.54) is 19.6 Å². The number of hydrogen-bond donors (Lipinski definition) is 0. The molecule has 0 amide bonds. The van der Waals surface area contributed by atoms with Crippen LogP contribution >= 0.6 is 23.5 Å². The Bertz CT molecular complexity index is 586. The first kappa shape index (κ1) is 13.3. The van der Waals surface area contributed by atoms with E-state index in [-0.39, 0.29) is 0 Å². The molecule has 0 aliphatic heterocycles. The van der Waals surface area contributed by atoms with Crippen LogP contribution in [-0.4, -0.2) is 0 Å². The molecule has 0 saturated carbocycles. The van der Waals surface area contributed by atoms with E-state index >= 15 is 0 Å². The Kier molecular flexibility index (Phi) is 4.46. The first-order chi connectivity index (χ1) is 9.90. The topological polar surface area (TPSA) is 0 Å². The lowest BCUT2D eigenvalue weighted by Crippen LogP contribution is -1.75. The van der Waals surface area contributed by atoms with Gasteiger partial charge in [0.05, 0.1) is 0 Å². The molecule has 0 atom stereocenters. The zero-order chi connectivity index (χ0) is 13.6. The van der Waals surface area contributed by atoms with Crippen molar-refractivity contribution in [2.24, 2.45) is 0 Å². The van der Waals surface area contributed by atoms with Crippen molar-refractivity contribution in [3.05, 3.63) is 84.9 Å². The highest BCUT2D eigenvalue weighted by Gasteiger charge is 1.99. The summed E-state index contributed by atoms with van der Waals surface area (Å²) in [6.45, 7) is 0. The van der Waals surface area contributed by atoms with Gasteiger partial charge < -0.3 is 0 Å². The van der Waals surface area contributed by atoms with E-state index in [0.717, 1.165) is 0 Å². The smallest absolute Gasteiger partial charge is 0.0123 e. The van der Waals surface area contributed by atoms with Crippen LogP contribution in [0.1, 0.15) is 0 Å². The molecule has 3 rings (SSSR count). The van der Waals surface area contributed by atoms with Crippen molar-refractivity contribution in [1.29, 1.82) is 0 Å². The highest BCUT2D eigenvalue weighted by Crippen LogP contribution is 2.31. The summed E-state index contributed by atoms with van der Waals surface area (Å²) in [6, 6.07) is 30.2. The van der Waals surface area contributed by atoms with Gasteiger partial charge in [-0.05, 0) is 54.6 Å². The molecule has 0 bridgehead atoms. The summed E-state index contributed by atoms with van der Waals surface area (Å²) in [5.74, 6) is 0. The Morgan fingerprint density at radius 3 is 1.50 bits per heavy atom. The predicted molar refractivity (Wildman–Crippen MR) is 86.4 cm³/mol. The molecule has 0 heterocycles. The summed E-state index contributed by atoms with van der Waals surface area (Å²) in [4.78, 5) is 5.04. The van der Waals surface area contributed by atoms with Gasteiger partial charge in [0.15, 0.2) is 0 Å². The van der Waals surface area contributed by atoms with Crippen LogP contribution in [0.5, 0.6) is 0 Å². The Hall–Kier alpha value is -1.64. The Balaban J connectivity index is 1.69. The Labute approximate surface area is 128 Å². The lowest BCUT2D eigenvalue weighted by molar-refractivity contribution is 1.33. The van der Waals surface area contributed by atoms with Crippen LogP contribution in [0.25, 0.3) is 0 Å². The van der Waals surface area contributed by atoms with Gasteiger partial charge in [-0.2, -0.15) is 0 Å². The normalized spacial score (nSPS) is 10.4. The highest BCUT2D eigenvalue weighted by atomic mass is 32.2. The summed E-state index contributed by atoms with van der Waals surface area (Å²) in [5.41, 5.74) is 0. The van der Waals surface area contributed by atoms with E-state index < -0.39 is 0 Å². The molecule has 0 aliphatic carbocycles. The fraction of sp³-hybridized carbons (Fsp3) is 0. The molecule has 0 spiro atoms. The van der Waals surface area contributed by atoms with Gasteiger partial charge >= 0.3 is 0 Å². The molecule has 0 unspecified atom stereocenters. The van der Waals surface area contributed by atoms with E-state index in [4.69, 9.17) is 0 Å². The third-order valence-corrected chi connectivity index (χ3v) is 4.76. The second kappa shape index (κ2) is 6.69. The van der Waals surface area contributed by atoms with Gasteiger partial charge in [-0.25, -0.2) is 0 Å². The first-order valence-electron chi connectivity index (χ1n) is 6.37. The van der Waals surface area contributed by atoms with Crippen LogP contribution in [0.2, 0.25) is 0 Å². The third-order valence-electron chi connectivity index (χ3n) is 2.73. The summed E-state index contributed by atoms with van der Waals surface area (Å²) in [5, 5.41) is 0. The molecule has 2 heteroatoms. The molecule has 97 valence electrons. The molecule has 0 fully saturated rings. The van der Waals surface area contributed by atoms with Gasteiger partial charge in [-0.1, -0.05) is 53.9 Å². The molecule has 0 N–H and O–H groups in total. The number of benzene rings is 3. The lowest BCUT2D eigenvalue weighted by Gasteiger charge is -2.04. The minimum Gasteiger partial charge on any atom is -0.0901 e. The molecule has 3 aromatic carbocycles. The summed E-state index contributed by atoms with van der Waals surface area (Å²) in [6.07, 6.45) is 0. The Morgan fingerprint density at radius 2 is 0.950 bits per heavy atom. The molecule has 0 aromatic heterocycles. The minimum atomic E-state index is 1.24. The zero-order valence-corrected chi connectivity index (χ0v) is 12.5. The van der Waals surface area contributed by atoms with Gasteiger partial charge in [0, 0.05) is 19.6 Å². The van der Waals surface area contributed by atoms with Crippen molar-refractivity contribution in [3.63, 3.8) is 0 Å². The molecule has 0 nitrogen and oxygen atoms in total. The third kappa shape index (κ3) is 3.69. The monoisotopic (exact) mass is 293 g/mol. The van der Waals surface area contributed by atoms with Gasteiger partial charge in [-0.15, -0.1) is 0 Å².